The van der Waals surface area contributed by atoms with E-state index in [9.17, 15) is 8.78 Å². The van der Waals surface area contributed by atoms with Gasteiger partial charge in [-0.05, 0) is 29.8 Å². The van der Waals surface area contributed by atoms with Crippen molar-refractivity contribution in [1.29, 1.82) is 0 Å². The van der Waals surface area contributed by atoms with E-state index < -0.39 is 6.61 Å². The fraction of sp³-hybridized carbons (Fsp3) is 0.250. The van der Waals surface area contributed by atoms with Crippen LogP contribution >= 0.6 is 0 Å². The van der Waals surface area contributed by atoms with Crippen molar-refractivity contribution >= 4 is 5.69 Å². The Bertz CT molecular complexity index is 546. The molecule has 0 aromatic heterocycles. The van der Waals surface area contributed by atoms with Gasteiger partial charge in [-0.3, -0.25) is 0 Å². The molecule has 0 radical (unpaired) electrons. The molecule has 0 amide bonds. The molecule has 2 aromatic carbocycles. The summed E-state index contributed by atoms with van der Waals surface area (Å²) in [6.07, 6.45) is 0. The Labute approximate surface area is 122 Å². The maximum Gasteiger partial charge on any atom is 0.387 e. The van der Waals surface area contributed by atoms with E-state index in [0.29, 0.717) is 6.54 Å². The average Bonchev–Trinajstić information content (AvgIpc) is 2.50. The predicted octanol–water partition coefficient (Wildman–Crippen LogP) is 3.42. The number of hydrogen-bond donors (Lipinski definition) is 1. The van der Waals surface area contributed by atoms with Crippen molar-refractivity contribution in [2.45, 2.75) is 12.7 Å². The van der Waals surface area contributed by atoms with E-state index in [1.807, 2.05) is 37.4 Å². The molecule has 2 N–H and O–H groups in total. The molecule has 21 heavy (non-hydrogen) atoms. The molecule has 0 spiro atoms. The van der Waals surface area contributed by atoms with Crippen LogP contribution in [0.15, 0.2) is 54.6 Å². The van der Waals surface area contributed by atoms with Gasteiger partial charge in [-0.1, -0.05) is 30.3 Å². The van der Waals surface area contributed by atoms with Gasteiger partial charge in [0.25, 0.3) is 0 Å². The minimum atomic E-state index is -2.81. The summed E-state index contributed by atoms with van der Waals surface area (Å²) in [5.74, 6) is 0.145. The maximum atomic E-state index is 12.1. The Hall–Kier alpha value is -2.14. The number of alkyl halides is 2. The first-order valence-electron chi connectivity index (χ1n) is 6.64. The molecule has 3 nitrogen and oxygen atoms in total. The Morgan fingerprint density at radius 1 is 1.05 bits per heavy atom. The molecule has 2 rings (SSSR count). The molecule has 1 unspecified atom stereocenters. The largest absolute Gasteiger partial charge is 0.435 e. The standard InChI is InChI=1S/C16H18F2N2O/c1-20(13-5-3-2-4-6-13)15(11-19)12-7-9-14(10-8-12)21-16(17)18/h2-10,15-16H,11,19H2,1H3. The second-order valence-electron chi connectivity index (χ2n) is 4.65. The lowest BCUT2D eigenvalue weighted by molar-refractivity contribution is -0.0498. The monoisotopic (exact) mass is 292 g/mol. The fourth-order valence-corrected chi connectivity index (χ4v) is 2.23. The van der Waals surface area contributed by atoms with Crippen LogP contribution in [0.25, 0.3) is 0 Å². The third-order valence-corrected chi connectivity index (χ3v) is 3.34. The van der Waals surface area contributed by atoms with Gasteiger partial charge in [-0.15, -0.1) is 0 Å². The van der Waals surface area contributed by atoms with Crippen LogP contribution in [0.1, 0.15) is 11.6 Å². The third-order valence-electron chi connectivity index (χ3n) is 3.34. The molecular weight excluding hydrogens is 274 g/mol. The van der Waals surface area contributed by atoms with Gasteiger partial charge in [-0.25, -0.2) is 0 Å². The van der Waals surface area contributed by atoms with E-state index in [0.717, 1.165) is 11.3 Å². The number of halogens is 2. The number of hydrogen-bond acceptors (Lipinski definition) is 3. The van der Waals surface area contributed by atoms with Gasteiger partial charge >= 0.3 is 6.61 Å². The van der Waals surface area contributed by atoms with Crippen LogP contribution in [0.2, 0.25) is 0 Å². The van der Waals surface area contributed by atoms with Gasteiger partial charge < -0.3 is 15.4 Å². The number of nitrogens with two attached hydrogens (primary N) is 1. The number of benzene rings is 2. The molecule has 0 aliphatic heterocycles. The van der Waals surface area contributed by atoms with Crippen LogP contribution in [0, 0.1) is 0 Å². The number of anilines is 1. The van der Waals surface area contributed by atoms with E-state index >= 15 is 0 Å². The molecule has 0 aliphatic carbocycles. The summed E-state index contributed by atoms with van der Waals surface area (Å²) in [6.45, 7) is -2.39. The van der Waals surface area contributed by atoms with Crippen LogP contribution in [0.4, 0.5) is 14.5 Å². The number of ether oxygens (including phenoxy) is 1. The summed E-state index contributed by atoms with van der Waals surface area (Å²) in [7, 11) is 1.95. The van der Waals surface area contributed by atoms with Gasteiger partial charge in [0.15, 0.2) is 0 Å². The highest BCUT2D eigenvalue weighted by Crippen LogP contribution is 2.26. The minimum Gasteiger partial charge on any atom is -0.435 e. The molecule has 0 bridgehead atoms. The van der Waals surface area contributed by atoms with Crippen LogP contribution in [0.3, 0.4) is 0 Å². The molecule has 5 heteroatoms. The first-order valence-corrected chi connectivity index (χ1v) is 6.64. The van der Waals surface area contributed by atoms with E-state index in [2.05, 4.69) is 9.64 Å². The van der Waals surface area contributed by atoms with Crippen molar-refractivity contribution in [3.8, 4) is 5.75 Å². The predicted molar refractivity (Wildman–Crippen MR) is 79.7 cm³/mol. The van der Waals surface area contributed by atoms with Crippen LogP contribution in [-0.4, -0.2) is 20.2 Å². The quantitative estimate of drug-likeness (QED) is 0.886. The Morgan fingerprint density at radius 3 is 2.19 bits per heavy atom. The van der Waals surface area contributed by atoms with Crippen LogP contribution < -0.4 is 15.4 Å². The lowest BCUT2D eigenvalue weighted by atomic mass is 10.0. The van der Waals surface area contributed by atoms with Gasteiger partial charge in [0, 0.05) is 19.3 Å². The summed E-state index contributed by atoms with van der Waals surface area (Å²) in [4.78, 5) is 2.06. The molecular formula is C16H18F2N2O. The summed E-state index contributed by atoms with van der Waals surface area (Å²) in [6, 6.07) is 16.4. The number of likely N-dealkylation sites (N-methyl/N-ethyl adjacent to an activating group) is 1. The van der Waals surface area contributed by atoms with Crippen LogP contribution in [0.5, 0.6) is 5.75 Å². The van der Waals surface area contributed by atoms with E-state index in [4.69, 9.17) is 5.73 Å². The van der Waals surface area contributed by atoms with Crippen molar-refractivity contribution in [3.63, 3.8) is 0 Å². The van der Waals surface area contributed by atoms with E-state index in [-0.39, 0.29) is 11.8 Å². The molecule has 0 fully saturated rings. The van der Waals surface area contributed by atoms with E-state index in [1.165, 1.54) is 12.1 Å². The number of para-hydroxylation sites is 1. The Balaban J connectivity index is 2.17. The summed E-state index contributed by atoms with van der Waals surface area (Å²) >= 11 is 0. The molecule has 0 aliphatic rings. The fourth-order valence-electron chi connectivity index (χ4n) is 2.23. The Kier molecular flexibility index (Phi) is 5.11. The summed E-state index contributed by atoms with van der Waals surface area (Å²) in [5.41, 5.74) is 7.86. The summed E-state index contributed by atoms with van der Waals surface area (Å²) < 4.78 is 28.6. The highest BCUT2D eigenvalue weighted by molar-refractivity contribution is 5.48. The SMILES string of the molecule is CN(c1ccccc1)C(CN)c1ccc(OC(F)F)cc1. The second-order valence-corrected chi connectivity index (χ2v) is 4.65. The zero-order chi connectivity index (χ0) is 15.2. The molecule has 2 aromatic rings. The van der Waals surface area contributed by atoms with Crippen molar-refractivity contribution in [2.24, 2.45) is 5.73 Å². The number of nitrogens with zero attached hydrogens (tertiary/aromatic N) is 1. The lowest BCUT2D eigenvalue weighted by Gasteiger charge is -2.29. The first kappa shape index (κ1) is 15.3. The second kappa shape index (κ2) is 7.04. The van der Waals surface area contributed by atoms with Gasteiger partial charge in [0.1, 0.15) is 5.75 Å². The third kappa shape index (κ3) is 3.92. The molecule has 0 saturated carbocycles. The number of rotatable bonds is 6. The lowest BCUT2D eigenvalue weighted by Crippen LogP contribution is -2.30. The van der Waals surface area contributed by atoms with Crippen molar-refractivity contribution in [2.75, 3.05) is 18.5 Å². The topological polar surface area (TPSA) is 38.5 Å². The zero-order valence-electron chi connectivity index (χ0n) is 11.7. The van der Waals surface area contributed by atoms with Crippen molar-refractivity contribution in [3.05, 3.63) is 60.2 Å². The smallest absolute Gasteiger partial charge is 0.387 e. The van der Waals surface area contributed by atoms with Gasteiger partial charge in [0.05, 0.1) is 6.04 Å². The zero-order valence-corrected chi connectivity index (χ0v) is 11.7. The molecule has 112 valence electrons. The van der Waals surface area contributed by atoms with Crippen LogP contribution in [-0.2, 0) is 0 Å². The molecule has 0 saturated heterocycles. The van der Waals surface area contributed by atoms with Crippen molar-refractivity contribution in [1.82, 2.24) is 0 Å². The highest BCUT2D eigenvalue weighted by atomic mass is 19.3. The summed E-state index contributed by atoms with van der Waals surface area (Å²) in [5, 5.41) is 0. The normalized spacial score (nSPS) is 12.2. The average molecular weight is 292 g/mol. The van der Waals surface area contributed by atoms with Gasteiger partial charge in [0.2, 0.25) is 0 Å². The highest BCUT2D eigenvalue weighted by Gasteiger charge is 2.16. The maximum absolute atomic E-state index is 12.1. The first-order chi connectivity index (χ1) is 10.1. The molecule has 0 heterocycles. The molecule has 1 atom stereocenters. The minimum absolute atomic E-state index is 0.0343. The van der Waals surface area contributed by atoms with Gasteiger partial charge in [-0.2, -0.15) is 8.78 Å². The Morgan fingerprint density at radius 2 is 1.67 bits per heavy atom. The van der Waals surface area contributed by atoms with Crippen molar-refractivity contribution < 1.29 is 13.5 Å². The van der Waals surface area contributed by atoms with E-state index in [1.54, 1.807) is 12.1 Å².